The van der Waals surface area contributed by atoms with Crippen molar-refractivity contribution < 1.29 is 9.21 Å². The smallest absolute Gasteiger partial charge is 0.244 e. The molecule has 19 heavy (non-hydrogen) atoms. The summed E-state index contributed by atoms with van der Waals surface area (Å²) in [5.74, 6) is 0.451. The summed E-state index contributed by atoms with van der Waals surface area (Å²) in [7, 11) is 0. The summed E-state index contributed by atoms with van der Waals surface area (Å²) < 4.78 is 5.22. The van der Waals surface area contributed by atoms with Gasteiger partial charge < -0.3 is 15.5 Å². The van der Waals surface area contributed by atoms with E-state index in [-0.39, 0.29) is 5.91 Å². The number of anilines is 1. The summed E-state index contributed by atoms with van der Waals surface area (Å²) in [6.07, 6.45) is 3.56. The Balaban J connectivity index is 2.19. The first-order valence-electron chi connectivity index (χ1n) is 6.12. The second kappa shape index (κ2) is 5.24. The summed E-state index contributed by atoms with van der Waals surface area (Å²) in [6, 6.07) is 7.36. The standard InChI is InChI=1S/C14H17N3O2/c1-3-14(2,15)13(18)17-11-6-4-5-10(7-11)12-8-16-9-19-12/h4-9H,3,15H2,1-2H3,(H,17,18). The van der Waals surface area contributed by atoms with Gasteiger partial charge >= 0.3 is 0 Å². The molecule has 1 unspecified atom stereocenters. The van der Waals surface area contributed by atoms with Crippen LogP contribution in [0.4, 0.5) is 5.69 Å². The van der Waals surface area contributed by atoms with Crippen molar-refractivity contribution in [3.05, 3.63) is 36.9 Å². The van der Waals surface area contributed by atoms with Crippen LogP contribution in [0.1, 0.15) is 20.3 Å². The maximum absolute atomic E-state index is 12.0. The van der Waals surface area contributed by atoms with Crippen LogP contribution in [0.2, 0.25) is 0 Å². The van der Waals surface area contributed by atoms with Crippen molar-refractivity contribution in [2.45, 2.75) is 25.8 Å². The second-order valence-corrected chi connectivity index (χ2v) is 4.67. The van der Waals surface area contributed by atoms with E-state index in [4.69, 9.17) is 10.2 Å². The predicted molar refractivity (Wildman–Crippen MR) is 73.5 cm³/mol. The molecule has 2 aromatic rings. The molecule has 0 saturated carbocycles. The van der Waals surface area contributed by atoms with Crippen LogP contribution in [-0.4, -0.2) is 16.4 Å². The van der Waals surface area contributed by atoms with Crippen LogP contribution in [0.25, 0.3) is 11.3 Å². The lowest BCUT2D eigenvalue weighted by molar-refractivity contribution is -0.120. The number of rotatable bonds is 4. The number of carbonyl (C=O) groups excluding carboxylic acids is 1. The average molecular weight is 259 g/mol. The van der Waals surface area contributed by atoms with Crippen LogP contribution in [-0.2, 0) is 4.79 Å². The first-order chi connectivity index (χ1) is 9.03. The second-order valence-electron chi connectivity index (χ2n) is 4.67. The maximum Gasteiger partial charge on any atom is 0.244 e. The highest BCUT2D eigenvalue weighted by Gasteiger charge is 2.25. The minimum atomic E-state index is -0.873. The lowest BCUT2D eigenvalue weighted by Gasteiger charge is -2.21. The Morgan fingerprint density at radius 2 is 2.32 bits per heavy atom. The predicted octanol–water partition coefficient (Wildman–Crippen LogP) is 2.41. The zero-order chi connectivity index (χ0) is 13.9. The molecule has 0 aliphatic rings. The lowest BCUT2D eigenvalue weighted by Crippen LogP contribution is -2.47. The third kappa shape index (κ3) is 3.00. The van der Waals surface area contributed by atoms with Crippen LogP contribution in [0.5, 0.6) is 0 Å². The Hall–Kier alpha value is -2.14. The van der Waals surface area contributed by atoms with E-state index < -0.39 is 5.54 Å². The third-order valence-electron chi connectivity index (χ3n) is 3.09. The Labute approximate surface area is 111 Å². The number of nitrogens with two attached hydrogens (primary N) is 1. The SMILES string of the molecule is CCC(C)(N)C(=O)Nc1cccc(-c2cnco2)c1. The molecule has 1 atom stereocenters. The topological polar surface area (TPSA) is 81.2 Å². The molecule has 1 amide bonds. The summed E-state index contributed by atoms with van der Waals surface area (Å²) in [6.45, 7) is 3.59. The van der Waals surface area contributed by atoms with Gasteiger partial charge in [0.15, 0.2) is 12.2 Å². The summed E-state index contributed by atoms with van der Waals surface area (Å²) in [4.78, 5) is 15.9. The highest BCUT2D eigenvalue weighted by molar-refractivity contribution is 5.97. The number of carbonyl (C=O) groups is 1. The first kappa shape index (κ1) is 13.3. The number of benzene rings is 1. The van der Waals surface area contributed by atoms with Gasteiger partial charge in [-0.15, -0.1) is 0 Å². The van der Waals surface area contributed by atoms with Crippen LogP contribution >= 0.6 is 0 Å². The molecule has 3 N–H and O–H groups in total. The quantitative estimate of drug-likeness (QED) is 0.883. The largest absolute Gasteiger partial charge is 0.444 e. The summed E-state index contributed by atoms with van der Waals surface area (Å²) >= 11 is 0. The highest BCUT2D eigenvalue weighted by atomic mass is 16.3. The molecular weight excluding hydrogens is 242 g/mol. The number of hydrogen-bond acceptors (Lipinski definition) is 4. The monoisotopic (exact) mass is 259 g/mol. The van der Waals surface area contributed by atoms with Crippen molar-refractivity contribution in [3.8, 4) is 11.3 Å². The molecule has 1 aromatic carbocycles. The fourth-order valence-corrected chi connectivity index (χ4v) is 1.54. The van der Waals surface area contributed by atoms with Gasteiger partial charge in [0.25, 0.3) is 0 Å². The van der Waals surface area contributed by atoms with E-state index in [9.17, 15) is 4.79 Å². The van der Waals surface area contributed by atoms with Gasteiger partial charge in [0, 0.05) is 11.3 Å². The highest BCUT2D eigenvalue weighted by Crippen LogP contribution is 2.22. The van der Waals surface area contributed by atoms with E-state index in [0.717, 1.165) is 5.56 Å². The summed E-state index contributed by atoms with van der Waals surface area (Å²) in [5.41, 5.74) is 6.56. The summed E-state index contributed by atoms with van der Waals surface area (Å²) in [5, 5.41) is 2.81. The number of aromatic nitrogens is 1. The fraction of sp³-hybridized carbons (Fsp3) is 0.286. The van der Waals surface area contributed by atoms with Crippen molar-refractivity contribution in [3.63, 3.8) is 0 Å². The minimum absolute atomic E-state index is 0.204. The van der Waals surface area contributed by atoms with E-state index in [0.29, 0.717) is 17.9 Å². The number of amides is 1. The molecule has 0 saturated heterocycles. The molecule has 5 nitrogen and oxygen atoms in total. The van der Waals surface area contributed by atoms with E-state index >= 15 is 0 Å². The van der Waals surface area contributed by atoms with Gasteiger partial charge in [-0.25, -0.2) is 4.98 Å². The molecule has 1 aromatic heterocycles. The molecule has 1 heterocycles. The van der Waals surface area contributed by atoms with E-state index in [1.54, 1.807) is 13.1 Å². The van der Waals surface area contributed by atoms with Crippen LogP contribution in [0, 0.1) is 0 Å². The number of oxazole rings is 1. The molecule has 2 rings (SSSR count). The van der Waals surface area contributed by atoms with Crippen molar-refractivity contribution in [1.29, 1.82) is 0 Å². The molecule has 0 aliphatic heterocycles. The van der Waals surface area contributed by atoms with Gasteiger partial charge in [-0.3, -0.25) is 4.79 Å². The van der Waals surface area contributed by atoms with Crippen LogP contribution in [0.3, 0.4) is 0 Å². The van der Waals surface area contributed by atoms with E-state index in [1.165, 1.54) is 6.39 Å². The first-order valence-corrected chi connectivity index (χ1v) is 6.12. The maximum atomic E-state index is 12.0. The average Bonchev–Trinajstić information content (AvgIpc) is 2.93. The van der Waals surface area contributed by atoms with E-state index in [1.807, 2.05) is 31.2 Å². The zero-order valence-electron chi connectivity index (χ0n) is 11.0. The molecule has 0 radical (unpaired) electrons. The van der Waals surface area contributed by atoms with Gasteiger partial charge in [-0.05, 0) is 25.5 Å². The Kier molecular flexibility index (Phi) is 3.66. The number of nitrogens with zero attached hydrogens (tertiary/aromatic N) is 1. The zero-order valence-corrected chi connectivity index (χ0v) is 11.0. The van der Waals surface area contributed by atoms with Gasteiger partial charge in [0.05, 0.1) is 11.7 Å². The third-order valence-corrected chi connectivity index (χ3v) is 3.09. The van der Waals surface area contributed by atoms with Gasteiger partial charge in [-0.1, -0.05) is 19.1 Å². The van der Waals surface area contributed by atoms with Crippen molar-refractivity contribution in [2.24, 2.45) is 5.73 Å². The Morgan fingerprint density at radius 3 is 2.95 bits per heavy atom. The lowest BCUT2D eigenvalue weighted by atomic mass is 9.99. The van der Waals surface area contributed by atoms with Crippen molar-refractivity contribution in [2.75, 3.05) is 5.32 Å². The minimum Gasteiger partial charge on any atom is -0.444 e. The Bertz CT molecular complexity index is 562. The van der Waals surface area contributed by atoms with Crippen LogP contribution < -0.4 is 11.1 Å². The van der Waals surface area contributed by atoms with Gasteiger partial charge in [0.2, 0.25) is 5.91 Å². The molecule has 0 aliphatic carbocycles. The van der Waals surface area contributed by atoms with Crippen LogP contribution in [0.15, 0.2) is 41.3 Å². The molecule has 0 fully saturated rings. The van der Waals surface area contributed by atoms with Crippen molar-refractivity contribution >= 4 is 11.6 Å². The van der Waals surface area contributed by atoms with Crippen molar-refractivity contribution in [1.82, 2.24) is 4.98 Å². The molecule has 0 bridgehead atoms. The molecule has 100 valence electrons. The number of nitrogens with one attached hydrogen (secondary N) is 1. The molecular formula is C14H17N3O2. The van der Waals surface area contributed by atoms with E-state index in [2.05, 4.69) is 10.3 Å². The molecule has 5 heteroatoms. The fourth-order valence-electron chi connectivity index (χ4n) is 1.54. The Morgan fingerprint density at radius 1 is 1.53 bits per heavy atom. The normalized spacial score (nSPS) is 13.8. The van der Waals surface area contributed by atoms with Gasteiger partial charge in [-0.2, -0.15) is 0 Å². The molecule has 0 spiro atoms. The van der Waals surface area contributed by atoms with Gasteiger partial charge in [0.1, 0.15) is 0 Å². The number of hydrogen-bond donors (Lipinski definition) is 2.